The van der Waals surface area contributed by atoms with Crippen LogP contribution in [0.2, 0.25) is 0 Å². The molecule has 1 N–H and O–H groups in total. The van der Waals surface area contributed by atoms with E-state index in [4.69, 9.17) is 0 Å². The first-order valence-electron chi connectivity index (χ1n) is 9.02. The summed E-state index contributed by atoms with van der Waals surface area (Å²) in [6, 6.07) is 16.2. The van der Waals surface area contributed by atoms with Crippen LogP contribution in [0.3, 0.4) is 0 Å². The van der Waals surface area contributed by atoms with Crippen LogP contribution in [0.1, 0.15) is 27.3 Å². The second-order valence-corrected chi connectivity index (χ2v) is 8.68. The van der Waals surface area contributed by atoms with E-state index in [0.717, 1.165) is 11.1 Å². The Labute approximate surface area is 170 Å². The van der Waals surface area contributed by atoms with Crippen LogP contribution < -0.4 is 5.32 Å². The third-order valence-electron chi connectivity index (χ3n) is 4.36. The lowest BCUT2D eigenvalue weighted by molar-refractivity contribution is 0.0950. The standard InChI is InChI=1S/C21H22N4O3S/c1-16-8-10-19(11-9-16)29(27,28)25(2)15-20-22-13-18(14-23-20)21(26)24-12-17-6-4-3-5-7-17/h3-11,13-14H,12,15H2,1-2H3,(H,24,26). The summed E-state index contributed by atoms with van der Waals surface area (Å²) < 4.78 is 26.5. The van der Waals surface area contributed by atoms with Gasteiger partial charge in [0.15, 0.2) is 0 Å². The molecular formula is C21H22N4O3S. The summed E-state index contributed by atoms with van der Waals surface area (Å²) in [5.41, 5.74) is 2.28. The van der Waals surface area contributed by atoms with Gasteiger partial charge < -0.3 is 5.32 Å². The van der Waals surface area contributed by atoms with Gasteiger partial charge in [-0.1, -0.05) is 48.0 Å². The van der Waals surface area contributed by atoms with Crippen LogP contribution in [0.5, 0.6) is 0 Å². The average Bonchev–Trinajstić information content (AvgIpc) is 2.73. The van der Waals surface area contributed by atoms with Crippen molar-refractivity contribution in [3.05, 3.63) is 89.5 Å². The van der Waals surface area contributed by atoms with Gasteiger partial charge in [-0.15, -0.1) is 0 Å². The topological polar surface area (TPSA) is 92.3 Å². The monoisotopic (exact) mass is 410 g/mol. The molecule has 29 heavy (non-hydrogen) atoms. The van der Waals surface area contributed by atoms with Crippen molar-refractivity contribution >= 4 is 15.9 Å². The van der Waals surface area contributed by atoms with E-state index in [9.17, 15) is 13.2 Å². The summed E-state index contributed by atoms with van der Waals surface area (Å²) in [7, 11) is -2.17. The zero-order chi connectivity index (χ0) is 20.9. The zero-order valence-electron chi connectivity index (χ0n) is 16.2. The molecule has 0 aliphatic carbocycles. The third-order valence-corrected chi connectivity index (χ3v) is 6.17. The maximum Gasteiger partial charge on any atom is 0.254 e. The Kier molecular flexibility index (Phi) is 6.36. The highest BCUT2D eigenvalue weighted by Gasteiger charge is 2.21. The van der Waals surface area contributed by atoms with E-state index in [1.165, 1.54) is 23.7 Å². The van der Waals surface area contributed by atoms with Crippen LogP contribution in [-0.4, -0.2) is 35.6 Å². The van der Waals surface area contributed by atoms with Crippen molar-refractivity contribution in [3.8, 4) is 0 Å². The van der Waals surface area contributed by atoms with Crippen molar-refractivity contribution in [2.45, 2.75) is 24.9 Å². The average molecular weight is 410 g/mol. The maximum absolute atomic E-state index is 12.6. The molecule has 1 amide bonds. The van der Waals surface area contributed by atoms with Crippen LogP contribution >= 0.6 is 0 Å². The number of aromatic nitrogens is 2. The third kappa shape index (κ3) is 5.24. The van der Waals surface area contributed by atoms with E-state index in [-0.39, 0.29) is 17.3 Å². The van der Waals surface area contributed by atoms with Crippen molar-refractivity contribution in [1.82, 2.24) is 19.6 Å². The van der Waals surface area contributed by atoms with Gasteiger partial charge in [0.2, 0.25) is 10.0 Å². The van der Waals surface area contributed by atoms with E-state index in [1.54, 1.807) is 24.3 Å². The molecule has 7 nitrogen and oxygen atoms in total. The highest BCUT2D eigenvalue weighted by atomic mass is 32.2. The smallest absolute Gasteiger partial charge is 0.254 e. The molecule has 8 heteroatoms. The number of amides is 1. The number of carbonyl (C=O) groups is 1. The van der Waals surface area contributed by atoms with Gasteiger partial charge in [-0.3, -0.25) is 4.79 Å². The lowest BCUT2D eigenvalue weighted by atomic mass is 10.2. The van der Waals surface area contributed by atoms with Gasteiger partial charge in [0.25, 0.3) is 5.91 Å². The Morgan fingerprint density at radius 1 is 1.00 bits per heavy atom. The van der Waals surface area contributed by atoms with Crippen LogP contribution in [0.25, 0.3) is 0 Å². The molecule has 0 saturated heterocycles. The minimum atomic E-state index is -3.65. The number of hydrogen-bond acceptors (Lipinski definition) is 5. The van der Waals surface area contributed by atoms with E-state index in [1.807, 2.05) is 37.3 Å². The molecule has 0 unspecified atom stereocenters. The Morgan fingerprint density at radius 2 is 1.62 bits per heavy atom. The minimum Gasteiger partial charge on any atom is -0.348 e. The maximum atomic E-state index is 12.6. The Bertz CT molecular complexity index is 1070. The summed E-state index contributed by atoms with van der Waals surface area (Å²) >= 11 is 0. The molecule has 2 aromatic carbocycles. The quantitative estimate of drug-likeness (QED) is 0.646. The van der Waals surface area contributed by atoms with E-state index in [0.29, 0.717) is 17.9 Å². The Balaban J connectivity index is 1.62. The van der Waals surface area contributed by atoms with Gasteiger partial charge in [0.05, 0.1) is 17.0 Å². The summed E-state index contributed by atoms with van der Waals surface area (Å²) in [5.74, 6) is 0.0174. The molecule has 0 fully saturated rings. The summed E-state index contributed by atoms with van der Waals surface area (Å²) in [5, 5.41) is 2.80. The second kappa shape index (κ2) is 8.93. The molecule has 0 spiro atoms. The molecule has 1 aromatic heterocycles. The molecular weight excluding hydrogens is 388 g/mol. The summed E-state index contributed by atoms with van der Waals surface area (Å²) in [4.78, 5) is 20.7. The molecule has 0 aliphatic heterocycles. The fourth-order valence-electron chi connectivity index (χ4n) is 2.61. The number of aryl methyl sites for hydroxylation is 1. The lowest BCUT2D eigenvalue weighted by Crippen LogP contribution is -2.28. The highest BCUT2D eigenvalue weighted by Crippen LogP contribution is 2.16. The molecule has 0 bridgehead atoms. The molecule has 0 radical (unpaired) electrons. The van der Waals surface area contributed by atoms with Gasteiger partial charge in [0, 0.05) is 26.0 Å². The zero-order valence-corrected chi connectivity index (χ0v) is 17.1. The Morgan fingerprint density at radius 3 is 2.24 bits per heavy atom. The van der Waals surface area contributed by atoms with Crippen molar-refractivity contribution in [2.24, 2.45) is 0 Å². The summed E-state index contributed by atoms with van der Waals surface area (Å²) in [6.07, 6.45) is 2.80. The van der Waals surface area contributed by atoms with Gasteiger partial charge in [-0.25, -0.2) is 18.4 Å². The molecule has 1 heterocycles. The first kappa shape index (κ1) is 20.6. The predicted octanol–water partition coefficient (Wildman–Crippen LogP) is 2.54. The Hall–Kier alpha value is -3.10. The van der Waals surface area contributed by atoms with Crippen LogP contribution in [0, 0.1) is 6.92 Å². The fourth-order valence-corrected chi connectivity index (χ4v) is 3.73. The SMILES string of the molecule is Cc1ccc(S(=O)(=O)N(C)Cc2ncc(C(=O)NCc3ccccc3)cn2)cc1. The number of nitrogens with one attached hydrogen (secondary N) is 1. The first-order valence-corrected chi connectivity index (χ1v) is 10.5. The second-order valence-electron chi connectivity index (χ2n) is 6.63. The normalized spacial score (nSPS) is 11.4. The first-order chi connectivity index (χ1) is 13.9. The molecule has 0 atom stereocenters. The molecule has 0 aliphatic rings. The van der Waals surface area contributed by atoms with E-state index in [2.05, 4.69) is 15.3 Å². The lowest BCUT2D eigenvalue weighted by Gasteiger charge is -2.16. The van der Waals surface area contributed by atoms with Crippen molar-refractivity contribution < 1.29 is 13.2 Å². The van der Waals surface area contributed by atoms with Gasteiger partial charge in [-0.05, 0) is 24.6 Å². The van der Waals surface area contributed by atoms with Crippen molar-refractivity contribution in [2.75, 3.05) is 7.05 Å². The van der Waals surface area contributed by atoms with Crippen LogP contribution in [0.4, 0.5) is 0 Å². The largest absolute Gasteiger partial charge is 0.348 e. The molecule has 3 rings (SSSR count). The fraction of sp³-hybridized carbons (Fsp3) is 0.190. The van der Waals surface area contributed by atoms with Crippen molar-refractivity contribution in [1.29, 1.82) is 0 Å². The summed E-state index contributed by atoms with van der Waals surface area (Å²) in [6.45, 7) is 2.30. The van der Waals surface area contributed by atoms with E-state index >= 15 is 0 Å². The minimum absolute atomic E-state index is 0.00211. The van der Waals surface area contributed by atoms with Crippen molar-refractivity contribution in [3.63, 3.8) is 0 Å². The number of hydrogen-bond donors (Lipinski definition) is 1. The molecule has 0 saturated carbocycles. The number of carbonyl (C=O) groups excluding carboxylic acids is 1. The van der Waals surface area contributed by atoms with E-state index < -0.39 is 10.0 Å². The number of benzene rings is 2. The molecule has 150 valence electrons. The predicted molar refractivity (Wildman–Crippen MR) is 109 cm³/mol. The number of sulfonamides is 1. The van der Waals surface area contributed by atoms with Crippen LogP contribution in [0.15, 0.2) is 71.9 Å². The highest BCUT2D eigenvalue weighted by molar-refractivity contribution is 7.89. The van der Waals surface area contributed by atoms with Gasteiger partial charge >= 0.3 is 0 Å². The van der Waals surface area contributed by atoms with Gasteiger partial charge in [0.1, 0.15) is 5.82 Å². The number of nitrogens with zero attached hydrogens (tertiary/aromatic N) is 3. The van der Waals surface area contributed by atoms with Crippen LogP contribution in [-0.2, 0) is 23.1 Å². The molecule has 3 aromatic rings. The number of rotatable bonds is 7. The van der Waals surface area contributed by atoms with Gasteiger partial charge in [-0.2, -0.15) is 4.31 Å².